The van der Waals surface area contributed by atoms with E-state index in [0.29, 0.717) is 16.8 Å². The highest BCUT2D eigenvalue weighted by atomic mass is 16.5. The third-order valence-electron chi connectivity index (χ3n) is 6.36. The molecule has 0 unspecified atom stereocenters. The molecule has 0 saturated carbocycles. The number of rotatable bonds is 4. The zero-order chi connectivity index (χ0) is 22.4. The first-order chi connectivity index (χ1) is 15.4. The van der Waals surface area contributed by atoms with Gasteiger partial charge >= 0.3 is 0 Å². The zero-order valence-electron chi connectivity index (χ0n) is 18.6. The summed E-state index contributed by atoms with van der Waals surface area (Å²) in [5.74, 6) is 0.336. The molecule has 32 heavy (non-hydrogen) atoms. The molecule has 2 aromatic heterocycles. The number of nitrogens with two attached hydrogens (primary N) is 1. The third-order valence-corrected chi connectivity index (χ3v) is 6.36. The molecule has 1 aliphatic heterocycles. The van der Waals surface area contributed by atoms with Gasteiger partial charge in [-0.15, -0.1) is 0 Å². The van der Waals surface area contributed by atoms with Crippen molar-refractivity contribution in [2.45, 2.75) is 6.92 Å². The number of carbonyl (C=O) groups excluding carboxylic acids is 1. The maximum Gasteiger partial charge on any atom is 0.250 e. The Morgan fingerprint density at radius 3 is 2.56 bits per heavy atom. The fraction of sp³-hybridized carbons (Fsp3) is 0.280. The third kappa shape index (κ3) is 3.44. The number of primary amides is 1. The second-order valence-electron chi connectivity index (χ2n) is 8.47. The molecule has 5 rings (SSSR count). The van der Waals surface area contributed by atoms with Gasteiger partial charge in [-0.1, -0.05) is 0 Å². The number of carbonyl (C=O) groups is 1. The number of ether oxygens (including phenoxy) is 1. The van der Waals surface area contributed by atoms with Crippen LogP contribution < -0.4 is 15.4 Å². The molecule has 1 amide bonds. The number of H-pyrrole nitrogens is 1. The van der Waals surface area contributed by atoms with Crippen molar-refractivity contribution in [3.05, 3.63) is 53.6 Å². The minimum Gasteiger partial charge on any atom is -0.496 e. The van der Waals surface area contributed by atoms with Crippen LogP contribution >= 0.6 is 0 Å². The molecule has 2 aromatic carbocycles. The maximum atomic E-state index is 12.3. The van der Waals surface area contributed by atoms with Gasteiger partial charge in [-0.3, -0.25) is 4.79 Å². The summed E-state index contributed by atoms with van der Waals surface area (Å²) in [5.41, 5.74) is 12.4. The van der Waals surface area contributed by atoms with Crippen molar-refractivity contribution < 1.29 is 9.53 Å². The van der Waals surface area contributed by atoms with E-state index in [4.69, 9.17) is 15.5 Å². The fourth-order valence-corrected chi connectivity index (χ4v) is 4.48. The van der Waals surface area contributed by atoms with Gasteiger partial charge in [-0.05, 0) is 62.0 Å². The molecule has 4 aromatic rings. The standard InChI is InChI=1S/C25H27N5O2/c1-15-12-16(4-7-22(15)32-3)20-14-19(25(26)31)24-23(27-20)18-6-5-17(13-21(18)28-24)30-10-8-29(2)9-11-30/h4-7,12-14,28H,8-11H2,1-3H3,(H2,26,31). The molecule has 3 heterocycles. The summed E-state index contributed by atoms with van der Waals surface area (Å²) in [6, 6.07) is 14.0. The number of likely N-dealkylation sites (N-methyl/N-ethyl adjacent to an activating group) is 1. The molecular weight excluding hydrogens is 402 g/mol. The lowest BCUT2D eigenvalue weighted by Gasteiger charge is -2.34. The zero-order valence-corrected chi connectivity index (χ0v) is 18.6. The Balaban J connectivity index is 1.64. The lowest BCUT2D eigenvalue weighted by Crippen LogP contribution is -2.44. The number of aromatic nitrogens is 2. The Bertz CT molecular complexity index is 1340. The molecule has 0 bridgehead atoms. The van der Waals surface area contributed by atoms with Crippen LogP contribution in [-0.4, -0.2) is 61.1 Å². The van der Waals surface area contributed by atoms with Gasteiger partial charge in [0.2, 0.25) is 0 Å². The second-order valence-corrected chi connectivity index (χ2v) is 8.47. The molecule has 1 aliphatic rings. The first-order valence-corrected chi connectivity index (χ1v) is 10.8. The summed E-state index contributed by atoms with van der Waals surface area (Å²) in [6.45, 7) is 6.06. The summed E-state index contributed by atoms with van der Waals surface area (Å²) >= 11 is 0. The lowest BCUT2D eigenvalue weighted by atomic mass is 10.0. The number of piperazine rings is 1. The van der Waals surface area contributed by atoms with Gasteiger partial charge in [0.1, 0.15) is 5.75 Å². The highest BCUT2D eigenvalue weighted by molar-refractivity contribution is 6.14. The van der Waals surface area contributed by atoms with Crippen LogP contribution in [-0.2, 0) is 0 Å². The highest BCUT2D eigenvalue weighted by Gasteiger charge is 2.19. The van der Waals surface area contributed by atoms with Crippen LogP contribution in [0.15, 0.2) is 42.5 Å². The number of amides is 1. The van der Waals surface area contributed by atoms with Gasteiger partial charge in [0, 0.05) is 42.8 Å². The van der Waals surface area contributed by atoms with Gasteiger partial charge in [0.05, 0.1) is 34.9 Å². The van der Waals surface area contributed by atoms with Crippen molar-refractivity contribution in [1.29, 1.82) is 0 Å². The van der Waals surface area contributed by atoms with E-state index in [1.807, 2.05) is 25.1 Å². The van der Waals surface area contributed by atoms with Crippen molar-refractivity contribution in [2.24, 2.45) is 5.73 Å². The van der Waals surface area contributed by atoms with Crippen LogP contribution in [0.4, 0.5) is 5.69 Å². The molecular formula is C25H27N5O2. The smallest absolute Gasteiger partial charge is 0.250 e. The van der Waals surface area contributed by atoms with Crippen LogP contribution in [0.1, 0.15) is 15.9 Å². The number of fused-ring (bicyclic) bond motifs is 3. The Morgan fingerprint density at radius 2 is 1.88 bits per heavy atom. The van der Waals surface area contributed by atoms with E-state index in [-0.39, 0.29) is 0 Å². The average Bonchev–Trinajstić information content (AvgIpc) is 3.16. The van der Waals surface area contributed by atoms with Crippen LogP contribution in [0.5, 0.6) is 5.75 Å². The van der Waals surface area contributed by atoms with Gasteiger partial charge in [-0.2, -0.15) is 0 Å². The Hall–Kier alpha value is -3.58. The SMILES string of the molecule is COc1ccc(-c2cc(C(N)=O)c3[nH]c4cc(N5CCN(C)CC5)ccc4c3n2)cc1C. The molecule has 1 fully saturated rings. The molecule has 7 heteroatoms. The topological polar surface area (TPSA) is 87.5 Å². The van der Waals surface area contributed by atoms with E-state index in [2.05, 4.69) is 40.0 Å². The number of benzene rings is 2. The number of nitrogens with one attached hydrogen (secondary N) is 1. The van der Waals surface area contributed by atoms with Crippen molar-refractivity contribution in [3.8, 4) is 17.0 Å². The summed E-state index contributed by atoms with van der Waals surface area (Å²) in [6.07, 6.45) is 0. The molecule has 1 saturated heterocycles. The fourth-order valence-electron chi connectivity index (χ4n) is 4.48. The van der Waals surface area contributed by atoms with Crippen molar-refractivity contribution >= 4 is 33.5 Å². The van der Waals surface area contributed by atoms with Crippen molar-refractivity contribution in [1.82, 2.24) is 14.9 Å². The Kier molecular flexibility index (Phi) is 4.98. The number of pyridine rings is 1. The maximum absolute atomic E-state index is 12.3. The predicted octanol–water partition coefficient (Wildman–Crippen LogP) is 3.55. The van der Waals surface area contributed by atoms with Crippen molar-refractivity contribution in [3.63, 3.8) is 0 Å². The lowest BCUT2D eigenvalue weighted by molar-refractivity contribution is 0.100. The van der Waals surface area contributed by atoms with E-state index in [9.17, 15) is 4.79 Å². The average molecular weight is 430 g/mol. The number of nitrogens with zero attached hydrogens (tertiary/aromatic N) is 3. The largest absolute Gasteiger partial charge is 0.496 e. The summed E-state index contributed by atoms with van der Waals surface area (Å²) in [5, 5.41) is 0.979. The number of hydrogen-bond donors (Lipinski definition) is 2. The Morgan fingerprint density at radius 1 is 1.09 bits per heavy atom. The predicted molar refractivity (Wildman–Crippen MR) is 129 cm³/mol. The summed E-state index contributed by atoms with van der Waals surface area (Å²) in [7, 11) is 3.80. The van der Waals surface area contributed by atoms with Gasteiger partial charge in [-0.25, -0.2) is 4.98 Å². The number of aromatic amines is 1. The molecule has 164 valence electrons. The van der Waals surface area contributed by atoms with Crippen LogP contribution in [0, 0.1) is 6.92 Å². The molecule has 0 radical (unpaired) electrons. The minimum absolute atomic E-state index is 0.441. The monoisotopic (exact) mass is 429 g/mol. The number of methoxy groups -OCH3 is 1. The number of anilines is 1. The molecule has 0 atom stereocenters. The van der Waals surface area contributed by atoms with Gasteiger partial charge in [0.15, 0.2) is 0 Å². The van der Waals surface area contributed by atoms with E-state index in [0.717, 1.165) is 59.5 Å². The minimum atomic E-state index is -0.477. The first kappa shape index (κ1) is 20.3. The van der Waals surface area contributed by atoms with E-state index >= 15 is 0 Å². The number of hydrogen-bond acceptors (Lipinski definition) is 5. The normalized spacial score (nSPS) is 14.9. The summed E-state index contributed by atoms with van der Waals surface area (Å²) < 4.78 is 5.37. The Labute approximate surface area is 186 Å². The van der Waals surface area contributed by atoms with E-state index in [1.54, 1.807) is 13.2 Å². The van der Waals surface area contributed by atoms with E-state index in [1.165, 1.54) is 5.69 Å². The highest BCUT2D eigenvalue weighted by Crippen LogP contribution is 2.33. The first-order valence-electron chi connectivity index (χ1n) is 10.8. The van der Waals surface area contributed by atoms with Crippen molar-refractivity contribution in [2.75, 3.05) is 45.2 Å². The molecule has 0 spiro atoms. The quantitative estimate of drug-likeness (QED) is 0.518. The summed E-state index contributed by atoms with van der Waals surface area (Å²) in [4.78, 5) is 25.4. The molecule has 0 aliphatic carbocycles. The van der Waals surface area contributed by atoms with Crippen LogP contribution in [0.25, 0.3) is 33.2 Å². The van der Waals surface area contributed by atoms with E-state index < -0.39 is 5.91 Å². The van der Waals surface area contributed by atoms with Gasteiger partial charge in [0.25, 0.3) is 5.91 Å². The molecule has 7 nitrogen and oxygen atoms in total. The van der Waals surface area contributed by atoms with Crippen LogP contribution in [0.2, 0.25) is 0 Å². The molecule has 3 N–H and O–H groups in total. The van der Waals surface area contributed by atoms with Gasteiger partial charge < -0.3 is 25.3 Å². The van der Waals surface area contributed by atoms with Crippen LogP contribution in [0.3, 0.4) is 0 Å². The second kappa shape index (κ2) is 7.84. The number of aryl methyl sites for hydroxylation is 1.